The molecule has 0 heteroatoms. The van der Waals surface area contributed by atoms with Crippen molar-refractivity contribution in [2.45, 2.75) is 47.5 Å². The van der Waals surface area contributed by atoms with E-state index in [-0.39, 0.29) is 0 Å². The van der Waals surface area contributed by atoms with Crippen molar-refractivity contribution in [3.8, 4) is 0 Å². The first kappa shape index (κ1) is 10.0. The molecule has 0 saturated heterocycles. The average Bonchev–Trinajstić information content (AvgIpc) is 1.85. The van der Waals surface area contributed by atoms with Crippen molar-refractivity contribution in [2.24, 2.45) is 11.8 Å². The van der Waals surface area contributed by atoms with Crippen molar-refractivity contribution in [3.63, 3.8) is 0 Å². The molecular weight excluding hydrogens is 120 g/mol. The molecular formula is C10H21. The monoisotopic (exact) mass is 141 g/mol. The topological polar surface area (TPSA) is 0 Å². The third-order valence-electron chi connectivity index (χ3n) is 2.18. The zero-order valence-corrected chi connectivity index (χ0v) is 8.07. The van der Waals surface area contributed by atoms with E-state index in [9.17, 15) is 0 Å². The standard InChI is InChI=1S/C10H21/c1-6-9(4)10(5)7-8(2)3/h8-9H,6-7H2,1-5H3. The Hall–Kier alpha value is 0. The highest BCUT2D eigenvalue weighted by Gasteiger charge is 2.11. The van der Waals surface area contributed by atoms with Crippen LogP contribution in [0.15, 0.2) is 0 Å². The van der Waals surface area contributed by atoms with Gasteiger partial charge in [-0.15, -0.1) is 0 Å². The van der Waals surface area contributed by atoms with Crippen LogP contribution in [-0.4, -0.2) is 0 Å². The van der Waals surface area contributed by atoms with Crippen molar-refractivity contribution in [3.05, 3.63) is 5.92 Å². The summed E-state index contributed by atoms with van der Waals surface area (Å²) in [5.41, 5.74) is 0. The van der Waals surface area contributed by atoms with Gasteiger partial charge in [0.05, 0.1) is 0 Å². The summed E-state index contributed by atoms with van der Waals surface area (Å²) in [6.45, 7) is 11.4. The van der Waals surface area contributed by atoms with Crippen molar-refractivity contribution < 1.29 is 0 Å². The summed E-state index contributed by atoms with van der Waals surface area (Å²) in [6.07, 6.45) is 2.59. The minimum atomic E-state index is 0.822. The maximum Gasteiger partial charge on any atom is -0.0241 e. The lowest BCUT2D eigenvalue weighted by atomic mass is 9.87. The van der Waals surface area contributed by atoms with E-state index in [1.54, 1.807) is 5.92 Å². The molecule has 0 bridgehead atoms. The van der Waals surface area contributed by atoms with Gasteiger partial charge in [0, 0.05) is 0 Å². The van der Waals surface area contributed by atoms with Crippen molar-refractivity contribution >= 4 is 0 Å². The van der Waals surface area contributed by atoms with Crippen molar-refractivity contribution in [1.29, 1.82) is 0 Å². The van der Waals surface area contributed by atoms with Gasteiger partial charge < -0.3 is 0 Å². The molecule has 61 valence electrons. The molecule has 0 aromatic carbocycles. The summed E-state index contributed by atoms with van der Waals surface area (Å²) >= 11 is 0. The summed E-state index contributed by atoms with van der Waals surface area (Å²) in [5, 5.41) is 0. The van der Waals surface area contributed by atoms with Crippen LogP contribution in [0.1, 0.15) is 47.5 Å². The van der Waals surface area contributed by atoms with Crippen LogP contribution in [0.25, 0.3) is 0 Å². The van der Waals surface area contributed by atoms with Gasteiger partial charge in [0.25, 0.3) is 0 Å². The molecule has 0 aliphatic heterocycles. The summed E-state index contributed by atoms with van der Waals surface area (Å²) in [7, 11) is 0. The molecule has 0 fully saturated rings. The molecule has 0 amide bonds. The molecule has 0 aliphatic rings. The van der Waals surface area contributed by atoms with Gasteiger partial charge in [0.1, 0.15) is 0 Å². The van der Waals surface area contributed by atoms with Crippen LogP contribution in [0, 0.1) is 17.8 Å². The molecule has 1 unspecified atom stereocenters. The highest BCUT2D eigenvalue weighted by molar-refractivity contribution is 4.89. The zero-order chi connectivity index (χ0) is 8.15. The largest absolute Gasteiger partial charge is 0.0651 e. The Labute approximate surface area is 66.0 Å². The average molecular weight is 141 g/mol. The van der Waals surface area contributed by atoms with Gasteiger partial charge in [-0.25, -0.2) is 0 Å². The molecule has 10 heavy (non-hydrogen) atoms. The number of rotatable bonds is 4. The predicted octanol–water partition coefficient (Wildman–Crippen LogP) is 3.67. The first-order valence-corrected chi connectivity index (χ1v) is 4.40. The number of hydrogen-bond donors (Lipinski definition) is 0. The van der Waals surface area contributed by atoms with Gasteiger partial charge in [-0.2, -0.15) is 0 Å². The fourth-order valence-electron chi connectivity index (χ4n) is 1.19. The van der Waals surface area contributed by atoms with Gasteiger partial charge >= 0.3 is 0 Å². The Balaban J connectivity index is 3.50. The highest BCUT2D eigenvalue weighted by atomic mass is 14.2. The second-order valence-electron chi connectivity index (χ2n) is 3.75. The van der Waals surface area contributed by atoms with Crippen LogP contribution in [0.3, 0.4) is 0 Å². The molecule has 1 radical (unpaired) electrons. The molecule has 0 N–H and O–H groups in total. The highest BCUT2D eigenvalue weighted by Crippen LogP contribution is 2.23. The molecule has 0 aliphatic carbocycles. The van der Waals surface area contributed by atoms with Crippen LogP contribution in [-0.2, 0) is 0 Å². The summed E-state index contributed by atoms with van der Waals surface area (Å²) in [5.74, 6) is 3.31. The maximum absolute atomic E-state index is 2.32. The minimum absolute atomic E-state index is 0.822. The smallest absolute Gasteiger partial charge is 0.0241 e. The van der Waals surface area contributed by atoms with Crippen LogP contribution >= 0.6 is 0 Å². The van der Waals surface area contributed by atoms with Gasteiger partial charge in [-0.05, 0) is 24.2 Å². The van der Waals surface area contributed by atoms with E-state index in [1.165, 1.54) is 12.8 Å². The van der Waals surface area contributed by atoms with Gasteiger partial charge in [0.15, 0.2) is 0 Å². The fourth-order valence-corrected chi connectivity index (χ4v) is 1.19. The van der Waals surface area contributed by atoms with Crippen LogP contribution in [0.2, 0.25) is 0 Å². The Morgan fingerprint density at radius 1 is 1.20 bits per heavy atom. The third-order valence-corrected chi connectivity index (χ3v) is 2.18. The van der Waals surface area contributed by atoms with E-state index >= 15 is 0 Å². The van der Waals surface area contributed by atoms with E-state index in [1.807, 2.05) is 0 Å². The van der Waals surface area contributed by atoms with Crippen LogP contribution < -0.4 is 0 Å². The van der Waals surface area contributed by atoms with Crippen LogP contribution in [0.4, 0.5) is 0 Å². The fraction of sp³-hybridized carbons (Fsp3) is 0.900. The Bertz CT molecular complexity index is 74.1. The summed E-state index contributed by atoms with van der Waals surface area (Å²) < 4.78 is 0. The normalized spacial score (nSPS) is 14.7. The van der Waals surface area contributed by atoms with E-state index in [4.69, 9.17) is 0 Å². The quantitative estimate of drug-likeness (QED) is 0.560. The van der Waals surface area contributed by atoms with E-state index in [2.05, 4.69) is 34.6 Å². The predicted molar refractivity (Wildman–Crippen MR) is 47.8 cm³/mol. The minimum Gasteiger partial charge on any atom is -0.0651 e. The van der Waals surface area contributed by atoms with Gasteiger partial charge in [-0.3, -0.25) is 0 Å². The zero-order valence-electron chi connectivity index (χ0n) is 8.07. The van der Waals surface area contributed by atoms with E-state index in [0.717, 1.165) is 11.8 Å². The number of hydrogen-bond acceptors (Lipinski definition) is 0. The van der Waals surface area contributed by atoms with Gasteiger partial charge in [-0.1, -0.05) is 41.0 Å². The lowest BCUT2D eigenvalue weighted by Gasteiger charge is -2.19. The second-order valence-corrected chi connectivity index (χ2v) is 3.75. The lowest BCUT2D eigenvalue weighted by molar-refractivity contribution is 0.483. The summed E-state index contributed by atoms with van der Waals surface area (Å²) in [4.78, 5) is 0. The van der Waals surface area contributed by atoms with Gasteiger partial charge in [0.2, 0.25) is 0 Å². The summed E-state index contributed by atoms with van der Waals surface area (Å²) in [6, 6.07) is 0. The molecule has 0 rings (SSSR count). The molecule has 0 spiro atoms. The van der Waals surface area contributed by atoms with E-state index < -0.39 is 0 Å². The second kappa shape index (κ2) is 4.76. The lowest BCUT2D eigenvalue weighted by Crippen LogP contribution is -2.07. The molecule has 0 aromatic rings. The Morgan fingerprint density at radius 3 is 2.00 bits per heavy atom. The van der Waals surface area contributed by atoms with Crippen LogP contribution in [0.5, 0.6) is 0 Å². The Kier molecular flexibility index (Phi) is 4.76. The molecule has 0 saturated carbocycles. The van der Waals surface area contributed by atoms with E-state index in [0.29, 0.717) is 0 Å². The maximum atomic E-state index is 2.32. The third kappa shape index (κ3) is 3.92. The first-order chi connectivity index (χ1) is 4.57. The van der Waals surface area contributed by atoms with Crippen molar-refractivity contribution in [2.75, 3.05) is 0 Å². The Morgan fingerprint density at radius 2 is 1.70 bits per heavy atom. The first-order valence-electron chi connectivity index (χ1n) is 4.40. The molecule has 0 heterocycles. The molecule has 1 atom stereocenters. The molecule has 0 aromatic heterocycles. The SMILES string of the molecule is CCC(C)[C](C)CC(C)C. The van der Waals surface area contributed by atoms with Crippen molar-refractivity contribution in [1.82, 2.24) is 0 Å². The molecule has 0 nitrogen and oxygen atoms in total.